The first-order valence-electron chi connectivity index (χ1n) is 6.46. The Morgan fingerprint density at radius 1 is 1.32 bits per heavy atom. The summed E-state index contributed by atoms with van der Waals surface area (Å²) in [5.41, 5.74) is 2.68. The van der Waals surface area contributed by atoms with E-state index in [1.807, 2.05) is 30.5 Å². The van der Waals surface area contributed by atoms with Crippen LogP contribution in [0.25, 0.3) is 10.9 Å². The lowest BCUT2D eigenvalue weighted by Gasteiger charge is -2.01. The van der Waals surface area contributed by atoms with Gasteiger partial charge in [0.1, 0.15) is 17.8 Å². The van der Waals surface area contributed by atoms with Gasteiger partial charge in [-0.1, -0.05) is 23.4 Å². The molecular weight excluding hydrogens is 302 g/mol. The van der Waals surface area contributed by atoms with Crippen molar-refractivity contribution in [3.05, 3.63) is 52.1 Å². The predicted octanol–water partition coefficient (Wildman–Crippen LogP) is 2.81. The quantitative estimate of drug-likeness (QED) is 0.456. The Bertz CT molecular complexity index is 850. The molecule has 6 nitrogen and oxygen atoms in total. The lowest BCUT2D eigenvalue weighted by Crippen LogP contribution is -2.06. The molecule has 112 valence electrons. The highest BCUT2D eigenvalue weighted by Gasteiger charge is 2.19. The number of benzene rings is 1. The van der Waals surface area contributed by atoms with Gasteiger partial charge >= 0.3 is 5.97 Å². The third-order valence-corrected chi connectivity index (χ3v) is 3.98. The zero-order valence-electron chi connectivity index (χ0n) is 12.0. The summed E-state index contributed by atoms with van der Waals surface area (Å²) in [7, 11) is 2.80. The number of ether oxygens (including phenoxy) is 1. The number of aromatic nitrogens is 2. The molecule has 0 bridgehead atoms. The lowest BCUT2D eigenvalue weighted by molar-refractivity contribution is 0.0595. The van der Waals surface area contributed by atoms with Gasteiger partial charge in [-0.05, 0) is 6.07 Å². The second kappa shape index (κ2) is 5.98. The molecule has 0 fully saturated rings. The Morgan fingerprint density at radius 3 is 2.91 bits per heavy atom. The summed E-state index contributed by atoms with van der Waals surface area (Å²) in [5, 5.41) is 7.32. The number of carbonyl (C=O) groups excluding carboxylic acids is 1. The van der Waals surface area contributed by atoms with E-state index < -0.39 is 5.97 Å². The van der Waals surface area contributed by atoms with E-state index in [2.05, 4.69) is 19.9 Å². The molecule has 0 amide bonds. The standard InChI is InChI=1S/C15H13N3O3S/c1-20-15(19)12-8-22-14(17-12)13(18-21-2)10-7-16-11-6-4-3-5-9(10)11/h3-8,16H,1-2H3/b18-13+. The van der Waals surface area contributed by atoms with Gasteiger partial charge in [0.15, 0.2) is 5.69 Å². The van der Waals surface area contributed by atoms with Crippen LogP contribution in [0.3, 0.4) is 0 Å². The van der Waals surface area contributed by atoms with Crippen LogP contribution in [0.1, 0.15) is 21.1 Å². The van der Waals surface area contributed by atoms with E-state index in [9.17, 15) is 4.79 Å². The van der Waals surface area contributed by atoms with Crippen LogP contribution in [-0.4, -0.2) is 35.9 Å². The van der Waals surface area contributed by atoms with Crippen LogP contribution in [0.15, 0.2) is 41.0 Å². The normalized spacial score (nSPS) is 11.6. The molecule has 0 radical (unpaired) electrons. The molecule has 0 unspecified atom stereocenters. The first kappa shape index (κ1) is 14.3. The summed E-state index contributed by atoms with van der Waals surface area (Å²) in [6, 6.07) is 7.87. The van der Waals surface area contributed by atoms with E-state index in [0.29, 0.717) is 10.7 Å². The van der Waals surface area contributed by atoms with Gasteiger partial charge in [0.05, 0.1) is 7.11 Å². The van der Waals surface area contributed by atoms with Gasteiger partial charge in [-0.25, -0.2) is 9.78 Å². The van der Waals surface area contributed by atoms with Crippen molar-refractivity contribution in [2.45, 2.75) is 0 Å². The molecule has 7 heteroatoms. The maximum absolute atomic E-state index is 11.6. The minimum absolute atomic E-state index is 0.256. The van der Waals surface area contributed by atoms with Crippen LogP contribution in [0.4, 0.5) is 0 Å². The van der Waals surface area contributed by atoms with Gasteiger partial charge in [0.25, 0.3) is 0 Å². The number of carbonyl (C=O) groups is 1. The molecule has 1 N–H and O–H groups in total. The lowest BCUT2D eigenvalue weighted by atomic mass is 10.1. The number of nitrogens with one attached hydrogen (secondary N) is 1. The Labute approximate surface area is 130 Å². The first-order valence-corrected chi connectivity index (χ1v) is 7.34. The van der Waals surface area contributed by atoms with Crippen molar-refractivity contribution in [3.8, 4) is 0 Å². The van der Waals surface area contributed by atoms with Crippen LogP contribution >= 0.6 is 11.3 Å². The molecule has 0 spiro atoms. The van der Waals surface area contributed by atoms with E-state index in [0.717, 1.165) is 16.5 Å². The highest BCUT2D eigenvalue weighted by Crippen LogP contribution is 2.23. The number of aromatic amines is 1. The van der Waals surface area contributed by atoms with Gasteiger partial charge in [-0.3, -0.25) is 0 Å². The van der Waals surface area contributed by atoms with Crippen LogP contribution in [-0.2, 0) is 9.57 Å². The predicted molar refractivity (Wildman–Crippen MR) is 84.4 cm³/mol. The maximum atomic E-state index is 11.6. The molecular formula is C15H13N3O3S. The fourth-order valence-electron chi connectivity index (χ4n) is 2.14. The molecule has 22 heavy (non-hydrogen) atoms. The summed E-state index contributed by atoms with van der Waals surface area (Å²) in [6.07, 6.45) is 1.85. The number of H-pyrrole nitrogens is 1. The third kappa shape index (κ3) is 2.46. The minimum Gasteiger partial charge on any atom is -0.464 e. The Balaban J connectivity index is 2.09. The van der Waals surface area contributed by atoms with Crippen molar-refractivity contribution in [3.63, 3.8) is 0 Å². The number of para-hydroxylation sites is 1. The van der Waals surface area contributed by atoms with E-state index in [1.165, 1.54) is 25.6 Å². The van der Waals surface area contributed by atoms with Crippen LogP contribution < -0.4 is 0 Å². The van der Waals surface area contributed by atoms with Crippen LogP contribution in [0, 0.1) is 0 Å². The van der Waals surface area contributed by atoms with Crippen molar-refractivity contribution in [2.24, 2.45) is 5.16 Å². The summed E-state index contributed by atoms with van der Waals surface area (Å²) in [6.45, 7) is 0. The summed E-state index contributed by atoms with van der Waals surface area (Å²) >= 11 is 1.31. The number of hydrogen-bond acceptors (Lipinski definition) is 6. The van der Waals surface area contributed by atoms with Crippen molar-refractivity contribution in [1.82, 2.24) is 9.97 Å². The number of rotatable bonds is 4. The number of thiazole rings is 1. The fourth-order valence-corrected chi connectivity index (χ4v) is 2.93. The summed E-state index contributed by atoms with van der Waals surface area (Å²) < 4.78 is 4.68. The molecule has 2 aromatic heterocycles. The van der Waals surface area contributed by atoms with Gasteiger partial charge in [0.2, 0.25) is 0 Å². The topological polar surface area (TPSA) is 76.6 Å². The average molecular weight is 315 g/mol. The molecule has 0 aliphatic heterocycles. The van der Waals surface area contributed by atoms with Crippen LogP contribution in [0.5, 0.6) is 0 Å². The third-order valence-electron chi connectivity index (χ3n) is 3.13. The van der Waals surface area contributed by atoms with Crippen molar-refractivity contribution < 1.29 is 14.4 Å². The first-order chi connectivity index (χ1) is 10.7. The van der Waals surface area contributed by atoms with Crippen LogP contribution in [0.2, 0.25) is 0 Å². The molecule has 3 rings (SSSR count). The highest BCUT2D eigenvalue weighted by atomic mass is 32.1. The number of esters is 1. The average Bonchev–Trinajstić information content (AvgIpc) is 3.19. The van der Waals surface area contributed by atoms with Gasteiger partial charge in [-0.2, -0.15) is 0 Å². The molecule has 2 heterocycles. The zero-order chi connectivity index (χ0) is 15.5. The number of hydrogen-bond donors (Lipinski definition) is 1. The molecule has 0 aliphatic rings. The summed E-state index contributed by atoms with van der Waals surface area (Å²) in [5.74, 6) is -0.474. The Hall–Kier alpha value is -2.67. The second-order valence-corrected chi connectivity index (χ2v) is 5.26. The van der Waals surface area contributed by atoms with Gasteiger partial charge < -0.3 is 14.6 Å². The summed E-state index contributed by atoms with van der Waals surface area (Å²) in [4.78, 5) is 24.0. The molecule has 0 aliphatic carbocycles. The minimum atomic E-state index is -0.474. The largest absolute Gasteiger partial charge is 0.464 e. The number of methoxy groups -OCH3 is 1. The Kier molecular flexibility index (Phi) is 3.88. The maximum Gasteiger partial charge on any atom is 0.357 e. The van der Waals surface area contributed by atoms with Crippen molar-refractivity contribution in [2.75, 3.05) is 14.2 Å². The monoisotopic (exact) mass is 315 g/mol. The zero-order valence-corrected chi connectivity index (χ0v) is 12.8. The van der Waals surface area contributed by atoms with E-state index in [-0.39, 0.29) is 5.69 Å². The Morgan fingerprint density at radius 2 is 2.14 bits per heavy atom. The molecule has 3 aromatic rings. The number of nitrogens with zero attached hydrogens (tertiary/aromatic N) is 2. The van der Waals surface area contributed by atoms with Gasteiger partial charge in [0, 0.05) is 28.0 Å². The molecule has 1 aromatic carbocycles. The second-order valence-electron chi connectivity index (χ2n) is 4.40. The van der Waals surface area contributed by atoms with Crippen molar-refractivity contribution in [1.29, 1.82) is 0 Å². The van der Waals surface area contributed by atoms with Crippen molar-refractivity contribution >= 4 is 33.9 Å². The number of oxime groups is 1. The van der Waals surface area contributed by atoms with E-state index in [4.69, 9.17) is 4.84 Å². The fraction of sp³-hybridized carbons (Fsp3) is 0.133. The van der Waals surface area contributed by atoms with Gasteiger partial charge in [-0.15, -0.1) is 11.3 Å². The van der Waals surface area contributed by atoms with E-state index in [1.54, 1.807) is 5.38 Å². The van der Waals surface area contributed by atoms with E-state index >= 15 is 0 Å². The number of fused-ring (bicyclic) bond motifs is 1. The molecule has 0 saturated heterocycles. The SMILES string of the molecule is CO/N=C(/c1nc(C(=O)OC)cs1)c1c[nH]c2ccccc12. The highest BCUT2D eigenvalue weighted by molar-refractivity contribution is 7.12. The smallest absolute Gasteiger partial charge is 0.357 e. The molecule has 0 saturated carbocycles. The molecule has 0 atom stereocenters.